The van der Waals surface area contributed by atoms with Crippen molar-refractivity contribution in [1.82, 2.24) is 4.57 Å². The van der Waals surface area contributed by atoms with Gasteiger partial charge in [-0.05, 0) is 43.3 Å². The molecule has 0 bridgehead atoms. The Morgan fingerprint density at radius 2 is 1.19 bits per heavy atom. The van der Waals surface area contributed by atoms with Crippen molar-refractivity contribution in [2.24, 2.45) is 0 Å². The second kappa shape index (κ2) is 13.9. The SMILES string of the molecule is CCn1cc[n+](C[C@H]2O[C@H](OC)[C@H](OC(=O)c3ccccc3)[C@@H](OC(=O)c3ccccc3)[C@@H]2OC(=O)c2ccccc2)c1. The fraction of sp³-hybridized carbons (Fsp3) is 0.273. The molecule has 10 heteroatoms. The zero-order valence-corrected chi connectivity index (χ0v) is 23.9. The zero-order chi connectivity index (χ0) is 30.2. The van der Waals surface area contributed by atoms with Gasteiger partial charge in [0, 0.05) is 7.11 Å². The first kappa shape index (κ1) is 29.7. The molecule has 0 radical (unpaired) electrons. The molecular weight excluding hydrogens is 552 g/mol. The molecule has 5 rings (SSSR count). The molecule has 222 valence electrons. The molecule has 10 nitrogen and oxygen atoms in total. The van der Waals surface area contributed by atoms with Gasteiger partial charge in [0.25, 0.3) is 0 Å². The highest BCUT2D eigenvalue weighted by Crippen LogP contribution is 2.31. The molecule has 0 N–H and O–H groups in total. The van der Waals surface area contributed by atoms with E-state index < -0.39 is 48.6 Å². The molecule has 43 heavy (non-hydrogen) atoms. The molecule has 1 saturated heterocycles. The lowest BCUT2D eigenvalue weighted by atomic mass is 9.97. The van der Waals surface area contributed by atoms with E-state index in [1.165, 1.54) is 7.11 Å². The first-order chi connectivity index (χ1) is 21.0. The third-order valence-electron chi connectivity index (χ3n) is 7.08. The van der Waals surface area contributed by atoms with Gasteiger partial charge < -0.3 is 23.7 Å². The van der Waals surface area contributed by atoms with Crippen LogP contribution in [0.4, 0.5) is 0 Å². The molecular formula is C33H33N2O8+. The summed E-state index contributed by atoms with van der Waals surface area (Å²) in [4.78, 5) is 40.1. The first-order valence-electron chi connectivity index (χ1n) is 14.0. The quantitative estimate of drug-likeness (QED) is 0.157. The number of nitrogens with zero attached hydrogens (tertiary/aromatic N) is 2. The van der Waals surface area contributed by atoms with Crippen LogP contribution in [0, 0.1) is 0 Å². The highest BCUT2D eigenvalue weighted by molar-refractivity contribution is 5.91. The molecule has 1 aliphatic rings. The fourth-order valence-electron chi connectivity index (χ4n) is 4.86. The van der Waals surface area contributed by atoms with Gasteiger partial charge in [-0.15, -0.1) is 0 Å². The third-order valence-corrected chi connectivity index (χ3v) is 7.08. The summed E-state index contributed by atoms with van der Waals surface area (Å²) in [5.74, 6) is -2.02. The van der Waals surface area contributed by atoms with E-state index >= 15 is 0 Å². The maximum absolute atomic E-state index is 13.4. The van der Waals surface area contributed by atoms with Gasteiger partial charge in [-0.2, -0.15) is 0 Å². The van der Waals surface area contributed by atoms with Crippen LogP contribution in [-0.2, 0) is 36.8 Å². The van der Waals surface area contributed by atoms with Gasteiger partial charge in [0.15, 0.2) is 24.6 Å². The Morgan fingerprint density at radius 1 is 0.721 bits per heavy atom. The van der Waals surface area contributed by atoms with Crippen LogP contribution in [0.25, 0.3) is 0 Å². The van der Waals surface area contributed by atoms with Gasteiger partial charge in [0.2, 0.25) is 6.33 Å². The van der Waals surface area contributed by atoms with E-state index in [2.05, 4.69) is 0 Å². The average molecular weight is 586 g/mol. The van der Waals surface area contributed by atoms with Gasteiger partial charge in [0.1, 0.15) is 25.0 Å². The summed E-state index contributed by atoms with van der Waals surface area (Å²) in [6.45, 7) is 2.98. The van der Waals surface area contributed by atoms with Crippen molar-refractivity contribution in [1.29, 1.82) is 0 Å². The molecule has 3 aromatic carbocycles. The van der Waals surface area contributed by atoms with E-state index in [-0.39, 0.29) is 17.7 Å². The van der Waals surface area contributed by atoms with E-state index in [0.717, 1.165) is 6.54 Å². The molecule has 0 amide bonds. The van der Waals surface area contributed by atoms with Crippen LogP contribution in [0.3, 0.4) is 0 Å². The number of aromatic nitrogens is 2. The Kier molecular flexibility index (Phi) is 9.60. The molecule has 0 spiro atoms. The number of hydrogen-bond acceptors (Lipinski definition) is 8. The summed E-state index contributed by atoms with van der Waals surface area (Å²) in [7, 11) is 1.40. The van der Waals surface area contributed by atoms with Gasteiger partial charge in [0.05, 0.1) is 23.2 Å². The van der Waals surface area contributed by atoms with Crippen molar-refractivity contribution in [3.63, 3.8) is 0 Å². The number of ether oxygens (including phenoxy) is 5. The van der Waals surface area contributed by atoms with E-state index in [1.807, 2.05) is 34.8 Å². The third kappa shape index (κ3) is 7.17. The van der Waals surface area contributed by atoms with Gasteiger partial charge in [-0.25, -0.2) is 23.5 Å². The fourth-order valence-corrected chi connectivity index (χ4v) is 4.86. The van der Waals surface area contributed by atoms with Crippen LogP contribution in [0.5, 0.6) is 0 Å². The number of imidazole rings is 1. The average Bonchev–Trinajstić information content (AvgIpc) is 3.52. The summed E-state index contributed by atoms with van der Waals surface area (Å²) in [6, 6.07) is 25.2. The first-order valence-corrected chi connectivity index (χ1v) is 14.0. The highest BCUT2D eigenvalue weighted by Gasteiger charge is 2.53. The van der Waals surface area contributed by atoms with Crippen molar-refractivity contribution in [3.8, 4) is 0 Å². The molecule has 0 unspecified atom stereocenters. The van der Waals surface area contributed by atoms with Crippen molar-refractivity contribution in [2.75, 3.05) is 7.11 Å². The minimum absolute atomic E-state index is 0.221. The molecule has 5 atom stereocenters. The number of benzene rings is 3. The van der Waals surface area contributed by atoms with Crippen LogP contribution < -0.4 is 4.57 Å². The standard InChI is InChI=1S/C33H33N2O8/c1-3-34-19-20-35(22-34)21-26-27(41-30(36)23-13-7-4-8-14-23)28(42-31(37)24-15-9-5-10-16-24)29(33(39-2)40-26)43-32(38)25-17-11-6-12-18-25/h4-20,22,26-29,33H,3,21H2,1-2H3/q+1/t26-,27-,28+,29-,33+/m1/s1. The van der Waals surface area contributed by atoms with Crippen LogP contribution in [-0.4, -0.2) is 60.3 Å². The summed E-state index contributed by atoms with van der Waals surface area (Å²) >= 11 is 0. The van der Waals surface area contributed by atoms with E-state index in [9.17, 15) is 14.4 Å². The second-order valence-corrected chi connectivity index (χ2v) is 9.93. The molecule has 1 aliphatic heterocycles. The maximum atomic E-state index is 13.4. The maximum Gasteiger partial charge on any atom is 0.338 e. The lowest BCUT2D eigenvalue weighted by Gasteiger charge is -2.43. The van der Waals surface area contributed by atoms with Gasteiger partial charge in [-0.3, -0.25) is 0 Å². The molecule has 4 aromatic rings. The Bertz CT molecular complexity index is 1510. The summed E-state index contributed by atoms with van der Waals surface area (Å²) in [6.07, 6.45) is -0.101. The topological polar surface area (TPSA) is 106 Å². The number of rotatable bonds is 10. The van der Waals surface area contributed by atoms with Gasteiger partial charge >= 0.3 is 17.9 Å². The Hall–Kier alpha value is -4.80. The summed E-state index contributed by atoms with van der Waals surface area (Å²) < 4.78 is 33.8. The molecule has 1 aromatic heterocycles. The van der Waals surface area contributed by atoms with Crippen LogP contribution >= 0.6 is 0 Å². The summed E-state index contributed by atoms with van der Waals surface area (Å²) in [5.41, 5.74) is 0.850. The van der Waals surface area contributed by atoms with Crippen molar-refractivity contribution >= 4 is 17.9 Å². The minimum Gasteiger partial charge on any atom is -0.452 e. The normalized spacial score (nSPS) is 21.5. The van der Waals surface area contributed by atoms with Crippen LogP contribution in [0.1, 0.15) is 38.0 Å². The Morgan fingerprint density at radius 3 is 1.63 bits per heavy atom. The molecule has 2 heterocycles. The predicted molar refractivity (Wildman–Crippen MR) is 153 cm³/mol. The predicted octanol–water partition coefficient (Wildman–Crippen LogP) is 3.84. The monoisotopic (exact) mass is 585 g/mol. The Balaban J connectivity index is 1.53. The van der Waals surface area contributed by atoms with Crippen LogP contribution in [0.2, 0.25) is 0 Å². The second-order valence-electron chi connectivity index (χ2n) is 9.93. The number of methoxy groups -OCH3 is 1. The smallest absolute Gasteiger partial charge is 0.338 e. The van der Waals surface area contributed by atoms with Crippen LogP contribution in [0.15, 0.2) is 110 Å². The Labute approximate surface area is 249 Å². The number of carbonyl (C=O) groups is 3. The number of hydrogen-bond donors (Lipinski definition) is 0. The number of esters is 3. The molecule has 1 fully saturated rings. The van der Waals surface area contributed by atoms with Crippen molar-refractivity contribution < 1.29 is 42.6 Å². The largest absolute Gasteiger partial charge is 0.452 e. The highest BCUT2D eigenvalue weighted by atomic mass is 16.7. The number of carbonyl (C=O) groups excluding carboxylic acids is 3. The van der Waals surface area contributed by atoms with Crippen molar-refractivity contribution in [3.05, 3.63) is 126 Å². The number of aryl methyl sites for hydroxylation is 1. The van der Waals surface area contributed by atoms with E-state index in [0.29, 0.717) is 5.56 Å². The van der Waals surface area contributed by atoms with Gasteiger partial charge in [-0.1, -0.05) is 54.6 Å². The van der Waals surface area contributed by atoms with E-state index in [4.69, 9.17) is 23.7 Å². The van der Waals surface area contributed by atoms with Crippen molar-refractivity contribution in [2.45, 2.75) is 50.7 Å². The lowest BCUT2D eigenvalue weighted by molar-refractivity contribution is -0.706. The molecule has 0 aliphatic carbocycles. The van der Waals surface area contributed by atoms with E-state index in [1.54, 1.807) is 91.0 Å². The molecule has 0 saturated carbocycles. The summed E-state index contributed by atoms with van der Waals surface area (Å²) in [5, 5.41) is 0. The minimum atomic E-state index is -1.29. The lowest BCUT2D eigenvalue weighted by Crippen LogP contribution is -2.64. The zero-order valence-electron chi connectivity index (χ0n) is 23.9.